The van der Waals surface area contributed by atoms with Crippen molar-refractivity contribution in [2.75, 3.05) is 55.9 Å². The van der Waals surface area contributed by atoms with Gasteiger partial charge in [-0.05, 0) is 98.3 Å². The van der Waals surface area contributed by atoms with Gasteiger partial charge in [-0.25, -0.2) is 4.79 Å². The Morgan fingerprint density at radius 2 is 1.64 bits per heavy atom. The molecule has 1 fully saturated rings. The summed E-state index contributed by atoms with van der Waals surface area (Å²) in [6.07, 6.45) is 13.1. The number of allylic oxidation sites excluding steroid dienone is 6. The van der Waals surface area contributed by atoms with Gasteiger partial charge in [-0.1, -0.05) is 67.8 Å². The lowest BCUT2D eigenvalue weighted by atomic mass is 10.1. The highest BCUT2D eigenvalue weighted by Crippen LogP contribution is 2.34. The minimum atomic E-state index is -0.765. The maximum absolute atomic E-state index is 12.2. The van der Waals surface area contributed by atoms with Crippen LogP contribution in [0.1, 0.15) is 32.3 Å². The fraction of sp³-hybridized carbons (Fsp3) is 0.262. The molecule has 6 rings (SSSR count). The molecular weight excluding hydrogens is 643 g/mol. The summed E-state index contributed by atoms with van der Waals surface area (Å²) in [6, 6.07) is 23.7. The Labute approximate surface area is 300 Å². The zero-order valence-electron chi connectivity index (χ0n) is 29.1. The number of fused-ring (bicyclic) bond motifs is 2. The summed E-state index contributed by atoms with van der Waals surface area (Å²) in [7, 11) is 0. The van der Waals surface area contributed by atoms with Gasteiger partial charge in [-0.2, -0.15) is 0 Å². The number of benzene rings is 3. The van der Waals surface area contributed by atoms with E-state index in [9.17, 15) is 4.79 Å². The highest BCUT2D eigenvalue weighted by atomic mass is 32.1. The highest BCUT2D eigenvalue weighted by molar-refractivity contribution is 7.17. The molecule has 0 atom stereocenters. The second-order valence-electron chi connectivity index (χ2n) is 12.0. The van der Waals surface area contributed by atoms with E-state index in [4.69, 9.17) is 14.2 Å². The molecule has 1 aromatic heterocycles. The van der Waals surface area contributed by atoms with Crippen molar-refractivity contribution >= 4 is 45.0 Å². The predicted octanol–water partition coefficient (Wildman–Crippen LogP) is 10.1. The average molecular weight is 690 g/mol. The number of hydrogen-bond donors (Lipinski definition) is 0. The zero-order valence-corrected chi connectivity index (χ0v) is 29.9. The summed E-state index contributed by atoms with van der Waals surface area (Å²) in [5, 5.41) is 3.55. The molecule has 2 aliphatic heterocycles. The van der Waals surface area contributed by atoms with Crippen molar-refractivity contribution in [3.05, 3.63) is 139 Å². The van der Waals surface area contributed by atoms with Crippen molar-refractivity contribution < 1.29 is 19.0 Å². The van der Waals surface area contributed by atoms with Crippen LogP contribution >= 0.6 is 11.3 Å². The first-order valence-electron chi connectivity index (χ1n) is 17.1. The minimum absolute atomic E-state index is 0.0129. The van der Waals surface area contributed by atoms with Crippen LogP contribution in [0.5, 0.6) is 11.5 Å². The maximum atomic E-state index is 12.2. The molecule has 0 bridgehead atoms. The van der Waals surface area contributed by atoms with Gasteiger partial charge in [0.1, 0.15) is 11.5 Å². The van der Waals surface area contributed by atoms with Gasteiger partial charge in [0.2, 0.25) is 0 Å². The van der Waals surface area contributed by atoms with Crippen molar-refractivity contribution in [3.8, 4) is 11.5 Å². The Hall–Kier alpha value is -5.05. The van der Waals surface area contributed by atoms with Crippen molar-refractivity contribution in [2.45, 2.75) is 26.7 Å². The first-order valence-corrected chi connectivity index (χ1v) is 18.0. The van der Waals surface area contributed by atoms with Crippen molar-refractivity contribution in [1.29, 1.82) is 0 Å². The number of piperazine rings is 1. The molecule has 8 heteroatoms. The molecule has 0 spiro atoms. The summed E-state index contributed by atoms with van der Waals surface area (Å²) >= 11 is 1.81. The number of hydrogen-bond acceptors (Lipinski definition) is 8. The van der Waals surface area contributed by atoms with Gasteiger partial charge in [-0.3, -0.25) is 4.90 Å². The molecule has 0 amide bonds. The Balaban J connectivity index is 0.000000544. The molecule has 3 aromatic carbocycles. The minimum Gasteiger partial charge on any atom is -0.494 e. The number of anilines is 2. The molecule has 260 valence electrons. The van der Waals surface area contributed by atoms with Crippen LogP contribution in [-0.4, -0.2) is 57.1 Å². The van der Waals surface area contributed by atoms with Crippen LogP contribution in [0, 0.1) is 0 Å². The molecule has 3 heterocycles. The highest BCUT2D eigenvalue weighted by Gasteiger charge is 2.21. The third-order valence-corrected chi connectivity index (χ3v) is 9.32. The average Bonchev–Trinajstić information content (AvgIpc) is 3.62. The number of nitrogens with zero attached hydrogens (tertiary/aromatic N) is 3. The van der Waals surface area contributed by atoms with E-state index >= 15 is 0 Å². The van der Waals surface area contributed by atoms with Gasteiger partial charge in [0.05, 0.1) is 12.3 Å². The summed E-state index contributed by atoms with van der Waals surface area (Å²) in [5.41, 5.74) is 5.02. The molecule has 0 radical (unpaired) electrons. The van der Waals surface area contributed by atoms with E-state index in [1.54, 1.807) is 24.3 Å². The number of carbonyl (C=O) groups excluding carboxylic acids is 1. The number of unbranched alkanes of at least 4 members (excludes halogenated alkanes) is 1. The van der Waals surface area contributed by atoms with Gasteiger partial charge < -0.3 is 24.0 Å². The molecule has 0 unspecified atom stereocenters. The third-order valence-electron chi connectivity index (χ3n) is 8.44. The van der Waals surface area contributed by atoms with Gasteiger partial charge >= 0.3 is 6.16 Å². The lowest BCUT2D eigenvalue weighted by Gasteiger charge is -2.36. The van der Waals surface area contributed by atoms with Crippen LogP contribution < -0.4 is 19.3 Å². The number of thiophene rings is 1. The van der Waals surface area contributed by atoms with Crippen LogP contribution in [0.4, 0.5) is 16.2 Å². The monoisotopic (exact) mass is 689 g/mol. The number of para-hydroxylation sites is 1. The lowest BCUT2D eigenvalue weighted by Crippen LogP contribution is -2.46. The summed E-state index contributed by atoms with van der Waals surface area (Å²) in [4.78, 5) is 19.1. The van der Waals surface area contributed by atoms with E-state index in [0.29, 0.717) is 12.4 Å². The molecule has 0 aliphatic carbocycles. The standard InChI is InChI=1S/C34H35N3O4S.C8H12/c1-26-12-13-27-14-15-29(24-32(27)37(26)25-40-34(38)41-28-8-3-2-4-9-28)39-22-6-5-17-35-18-20-36(21-19-35)31-10-7-11-33-30(31)16-23-42-33;1-4-6-8(3)7-5-2/h2-4,7-16,23-24H,1,5-6,17-22,25H2;4-7H,3H2,1-2H3/b;6-4-,7-5-. The summed E-state index contributed by atoms with van der Waals surface area (Å²) in [6.45, 7) is 17.8. The third kappa shape index (κ3) is 10.2. The van der Waals surface area contributed by atoms with Crippen LogP contribution in [-0.2, 0) is 4.74 Å². The van der Waals surface area contributed by atoms with Gasteiger partial charge in [0.25, 0.3) is 0 Å². The number of ether oxygens (including phenoxy) is 3. The summed E-state index contributed by atoms with van der Waals surface area (Å²) < 4.78 is 18.1. The smallest absolute Gasteiger partial charge is 0.494 e. The molecule has 0 saturated carbocycles. The second kappa shape index (κ2) is 18.6. The van der Waals surface area contributed by atoms with Crippen LogP contribution in [0.25, 0.3) is 16.2 Å². The van der Waals surface area contributed by atoms with E-state index < -0.39 is 6.16 Å². The zero-order chi connectivity index (χ0) is 35.1. The first kappa shape index (κ1) is 36.2. The Morgan fingerprint density at radius 3 is 2.40 bits per heavy atom. The molecule has 50 heavy (non-hydrogen) atoms. The van der Waals surface area contributed by atoms with E-state index in [-0.39, 0.29) is 6.73 Å². The summed E-state index contributed by atoms with van der Waals surface area (Å²) in [5.74, 6) is 1.22. The second-order valence-corrected chi connectivity index (χ2v) is 12.9. The quantitative estimate of drug-likeness (QED) is 0.0635. The molecule has 4 aromatic rings. The van der Waals surface area contributed by atoms with E-state index in [1.807, 2.05) is 90.8 Å². The van der Waals surface area contributed by atoms with Crippen LogP contribution in [0.3, 0.4) is 0 Å². The Morgan fingerprint density at radius 1 is 0.860 bits per heavy atom. The van der Waals surface area contributed by atoms with E-state index in [2.05, 4.69) is 52.6 Å². The fourth-order valence-electron chi connectivity index (χ4n) is 5.88. The first-order chi connectivity index (χ1) is 24.4. The molecule has 2 aliphatic rings. The van der Waals surface area contributed by atoms with Crippen molar-refractivity contribution in [3.63, 3.8) is 0 Å². The number of carbonyl (C=O) groups is 1. The number of rotatable bonds is 12. The van der Waals surface area contributed by atoms with Gasteiger partial charge in [-0.15, -0.1) is 11.3 Å². The predicted molar refractivity (Wildman–Crippen MR) is 209 cm³/mol. The van der Waals surface area contributed by atoms with Crippen LogP contribution in [0.2, 0.25) is 0 Å². The Bertz CT molecular complexity index is 1810. The van der Waals surface area contributed by atoms with Gasteiger partial charge in [0.15, 0.2) is 6.73 Å². The van der Waals surface area contributed by atoms with Crippen molar-refractivity contribution in [1.82, 2.24) is 4.90 Å². The van der Waals surface area contributed by atoms with E-state index in [1.165, 1.54) is 15.8 Å². The van der Waals surface area contributed by atoms with E-state index in [0.717, 1.165) is 73.8 Å². The SMILES string of the molecule is C=C(/C=C\C)/C=C\C.C=C1C=Cc2ccc(OCCCCN3CCN(c4cccc5sccc45)CC3)cc2N1COC(=O)Oc1ccccc1. The van der Waals surface area contributed by atoms with Gasteiger partial charge in [0, 0.05) is 53.7 Å². The van der Waals surface area contributed by atoms with Crippen molar-refractivity contribution in [2.24, 2.45) is 0 Å². The molecule has 1 saturated heterocycles. The topological polar surface area (TPSA) is 54.5 Å². The van der Waals surface area contributed by atoms with Crippen LogP contribution in [0.15, 0.2) is 133 Å². The maximum Gasteiger partial charge on any atom is 0.515 e. The molecule has 7 nitrogen and oxygen atoms in total. The fourth-order valence-corrected chi connectivity index (χ4v) is 6.69. The lowest BCUT2D eigenvalue weighted by molar-refractivity contribution is 0.101. The molecular formula is C42H47N3O4S. The normalized spacial score (nSPS) is 14.5. The molecule has 0 N–H and O–H groups in total. The largest absolute Gasteiger partial charge is 0.515 e. The Kier molecular flexibility index (Phi) is 13.5.